The van der Waals surface area contributed by atoms with Gasteiger partial charge in [0, 0.05) is 34.8 Å². The van der Waals surface area contributed by atoms with E-state index < -0.39 is 10.8 Å². The van der Waals surface area contributed by atoms with Crippen LogP contribution < -0.4 is 5.32 Å². The van der Waals surface area contributed by atoms with E-state index in [1.54, 1.807) is 0 Å². The number of carbonyl (C=O) groups excluding carboxylic acids is 1. The number of benzene rings is 1. The van der Waals surface area contributed by atoms with Crippen molar-refractivity contribution in [2.75, 3.05) is 18.4 Å². The number of anilines is 1. The van der Waals surface area contributed by atoms with Crippen LogP contribution in [0.4, 0.5) is 10.5 Å². The number of carbonyl (C=O) groups is 1. The molecule has 1 aromatic carbocycles. The zero-order chi connectivity index (χ0) is 19.6. The largest absolute Gasteiger partial charge is 0.371 e. The molecule has 2 fully saturated rings. The van der Waals surface area contributed by atoms with Gasteiger partial charge in [0.05, 0.1) is 17.5 Å². The lowest BCUT2D eigenvalue weighted by Crippen LogP contribution is -2.40. The van der Waals surface area contributed by atoms with Crippen LogP contribution >= 0.6 is 0 Å². The molecule has 1 aromatic rings. The molecule has 27 heavy (non-hydrogen) atoms. The molecule has 150 valence electrons. The first kappa shape index (κ1) is 20.3. The molecule has 2 bridgehead atoms. The van der Waals surface area contributed by atoms with Crippen LogP contribution in [0.25, 0.3) is 0 Å². The summed E-state index contributed by atoms with van der Waals surface area (Å²) in [6.45, 7) is 10.1. The topological polar surface area (TPSA) is 58.6 Å². The van der Waals surface area contributed by atoms with Crippen molar-refractivity contribution in [1.82, 2.24) is 4.90 Å². The second-order valence-corrected chi connectivity index (χ2v) is 10.3. The van der Waals surface area contributed by atoms with Crippen LogP contribution in [0.5, 0.6) is 0 Å². The van der Waals surface area contributed by atoms with E-state index in [1.807, 2.05) is 30.0 Å². The van der Waals surface area contributed by atoms with Crippen LogP contribution in [-0.2, 0) is 22.1 Å². The van der Waals surface area contributed by atoms with E-state index >= 15 is 0 Å². The number of ether oxygens (including phenoxy) is 1. The molecule has 0 spiro atoms. The van der Waals surface area contributed by atoms with Gasteiger partial charge in [-0.3, -0.25) is 4.21 Å². The molecule has 0 saturated carbocycles. The van der Waals surface area contributed by atoms with Gasteiger partial charge in [0.15, 0.2) is 0 Å². The Morgan fingerprint density at radius 2 is 2.04 bits per heavy atom. The molecule has 2 aliphatic heterocycles. The van der Waals surface area contributed by atoms with Crippen LogP contribution in [0.3, 0.4) is 0 Å². The lowest BCUT2D eigenvalue weighted by molar-refractivity contribution is -0.0317. The summed E-state index contributed by atoms with van der Waals surface area (Å²) in [5.74, 6) is 0. The Balaban J connectivity index is 1.66. The summed E-state index contributed by atoms with van der Waals surface area (Å²) in [6, 6.07) is 5.85. The number of amides is 2. The number of hydrogen-bond donors (Lipinski definition) is 1. The Morgan fingerprint density at radius 3 is 2.78 bits per heavy atom. The van der Waals surface area contributed by atoms with Gasteiger partial charge in [0.2, 0.25) is 0 Å². The first-order chi connectivity index (χ1) is 12.8. The van der Waals surface area contributed by atoms with Crippen LogP contribution in [0.15, 0.2) is 18.2 Å². The summed E-state index contributed by atoms with van der Waals surface area (Å²) in [7, 11) is -0.778. The lowest BCUT2D eigenvalue weighted by atomic mass is 10.0. The molecule has 3 unspecified atom stereocenters. The highest BCUT2D eigenvalue weighted by molar-refractivity contribution is 7.86. The fourth-order valence-electron chi connectivity index (χ4n) is 3.67. The van der Waals surface area contributed by atoms with Crippen molar-refractivity contribution in [1.29, 1.82) is 0 Å². The number of fused-ring (bicyclic) bond motifs is 2. The lowest BCUT2D eigenvalue weighted by Gasteiger charge is -2.26. The molecule has 2 amide bonds. The van der Waals surface area contributed by atoms with Gasteiger partial charge in [-0.1, -0.05) is 19.1 Å². The predicted octanol–water partition coefficient (Wildman–Crippen LogP) is 4.22. The van der Waals surface area contributed by atoms with Gasteiger partial charge >= 0.3 is 6.03 Å². The van der Waals surface area contributed by atoms with Gasteiger partial charge in [-0.2, -0.15) is 0 Å². The van der Waals surface area contributed by atoms with E-state index in [-0.39, 0.29) is 22.1 Å². The highest BCUT2D eigenvalue weighted by Gasteiger charge is 2.38. The Labute approximate surface area is 165 Å². The summed E-state index contributed by atoms with van der Waals surface area (Å²) in [5.41, 5.74) is 2.79. The molecular weight excluding hydrogens is 360 g/mol. The summed E-state index contributed by atoms with van der Waals surface area (Å²) < 4.78 is 18.4. The molecular formula is C21H32N2O3S. The van der Waals surface area contributed by atoms with Gasteiger partial charge in [0.25, 0.3) is 0 Å². The first-order valence-electron chi connectivity index (χ1n) is 9.98. The van der Waals surface area contributed by atoms with Crippen molar-refractivity contribution < 1.29 is 13.7 Å². The minimum atomic E-state index is -0.778. The monoisotopic (exact) mass is 392 g/mol. The molecule has 0 aliphatic carbocycles. The Bertz CT molecular complexity index is 719. The summed E-state index contributed by atoms with van der Waals surface area (Å²) in [5, 5.41) is 3.48. The standard InChI is InChI=1S/C21H32N2O3S/c1-5-21(3,4)26-14-16-7-6-8-19(15(16)2)22-20(24)23-12-11-17-9-10-18(13-23)27(17)25/h6-8,17-18H,5,9-14H2,1-4H3,(H,22,24). The van der Waals surface area contributed by atoms with Crippen molar-refractivity contribution >= 4 is 22.5 Å². The van der Waals surface area contributed by atoms with Crippen LogP contribution in [0, 0.1) is 6.92 Å². The van der Waals surface area contributed by atoms with Crippen molar-refractivity contribution in [3.05, 3.63) is 29.3 Å². The second kappa shape index (κ2) is 8.31. The third-order valence-electron chi connectivity index (χ3n) is 6.06. The third kappa shape index (κ3) is 4.72. The number of nitrogens with zero attached hydrogens (tertiary/aromatic N) is 1. The minimum absolute atomic E-state index is 0.0883. The second-order valence-electron chi connectivity index (χ2n) is 8.31. The quantitative estimate of drug-likeness (QED) is 0.816. The zero-order valence-electron chi connectivity index (χ0n) is 16.9. The molecule has 3 rings (SSSR count). The Morgan fingerprint density at radius 1 is 1.30 bits per heavy atom. The van der Waals surface area contributed by atoms with E-state index in [2.05, 4.69) is 26.1 Å². The molecule has 6 heteroatoms. The van der Waals surface area contributed by atoms with E-state index in [0.717, 1.165) is 42.5 Å². The van der Waals surface area contributed by atoms with E-state index in [0.29, 0.717) is 19.7 Å². The highest BCUT2D eigenvalue weighted by atomic mass is 32.2. The maximum Gasteiger partial charge on any atom is 0.321 e. The maximum absolute atomic E-state index is 12.8. The van der Waals surface area contributed by atoms with Crippen molar-refractivity contribution in [2.24, 2.45) is 0 Å². The summed E-state index contributed by atoms with van der Waals surface area (Å²) >= 11 is 0. The fourth-order valence-corrected chi connectivity index (χ4v) is 5.61. The number of urea groups is 1. The number of likely N-dealkylation sites (tertiary alicyclic amines) is 1. The Kier molecular flexibility index (Phi) is 6.26. The number of rotatable bonds is 5. The van der Waals surface area contributed by atoms with Crippen molar-refractivity contribution in [3.8, 4) is 0 Å². The summed E-state index contributed by atoms with van der Waals surface area (Å²) in [6.07, 6.45) is 3.80. The van der Waals surface area contributed by atoms with Gasteiger partial charge in [-0.05, 0) is 63.6 Å². The van der Waals surface area contributed by atoms with Crippen molar-refractivity contribution in [3.63, 3.8) is 0 Å². The smallest absolute Gasteiger partial charge is 0.321 e. The molecule has 0 radical (unpaired) electrons. The molecule has 0 aromatic heterocycles. The van der Waals surface area contributed by atoms with Crippen molar-refractivity contribution in [2.45, 2.75) is 76.1 Å². The number of hydrogen-bond acceptors (Lipinski definition) is 3. The minimum Gasteiger partial charge on any atom is -0.371 e. The molecule has 1 N–H and O–H groups in total. The average Bonchev–Trinajstić information content (AvgIpc) is 2.87. The van der Waals surface area contributed by atoms with Crippen LogP contribution in [0.2, 0.25) is 0 Å². The summed E-state index contributed by atoms with van der Waals surface area (Å²) in [4.78, 5) is 14.7. The molecule has 5 nitrogen and oxygen atoms in total. The predicted molar refractivity (Wildman–Crippen MR) is 110 cm³/mol. The normalized spacial score (nSPS) is 25.3. The number of nitrogens with one attached hydrogen (secondary N) is 1. The highest BCUT2D eigenvalue weighted by Crippen LogP contribution is 2.30. The molecule has 2 aliphatic rings. The maximum atomic E-state index is 12.8. The van der Waals surface area contributed by atoms with Crippen LogP contribution in [0.1, 0.15) is 57.6 Å². The molecule has 2 heterocycles. The first-order valence-corrected chi connectivity index (χ1v) is 11.3. The van der Waals surface area contributed by atoms with Crippen LogP contribution in [-0.4, -0.2) is 44.3 Å². The van der Waals surface area contributed by atoms with Gasteiger partial charge in [-0.15, -0.1) is 0 Å². The van der Waals surface area contributed by atoms with E-state index in [4.69, 9.17) is 4.74 Å². The third-order valence-corrected chi connectivity index (χ3v) is 8.23. The average molecular weight is 393 g/mol. The molecule has 2 saturated heterocycles. The Hall–Kier alpha value is -1.40. The van der Waals surface area contributed by atoms with Gasteiger partial charge < -0.3 is 15.0 Å². The van der Waals surface area contributed by atoms with E-state index in [9.17, 15) is 9.00 Å². The van der Waals surface area contributed by atoms with E-state index in [1.165, 1.54) is 0 Å². The fraction of sp³-hybridized carbons (Fsp3) is 0.667. The zero-order valence-corrected chi connectivity index (χ0v) is 17.7. The molecule has 3 atom stereocenters. The van der Waals surface area contributed by atoms with Gasteiger partial charge in [0.1, 0.15) is 0 Å². The van der Waals surface area contributed by atoms with Gasteiger partial charge in [-0.25, -0.2) is 4.79 Å². The SMILES string of the molecule is CCC(C)(C)OCc1cccc(NC(=O)N2CCC3CCC(C2)S3=O)c1C.